The van der Waals surface area contributed by atoms with Crippen molar-refractivity contribution in [2.75, 3.05) is 21.3 Å². The van der Waals surface area contributed by atoms with Crippen LogP contribution in [0.3, 0.4) is 0 Å². The van der Waals surface area contributed by atoms with Crippen molar-refractivity contribution < 1.29 is 28.9 Å². The van der Waals surface area contributed by atoms with Crippen LogP contribution in [0.5, 0.6) is 17.2 Å². The molecule has 0 aliphatic rings. The maximum atomic E-state index is 12.8. The van der Waals surface area contributed by atoms with Crippen LogP contribution in [0.25, 0.3) is 0 Å². The number of methoxy groups -OCH3 is 3. The van der Waals surface area contributed by atoms with Gasteiger partial charge in [0, 0.05) is 0 Å². The molecule has 0 saturated heterocycles. The summed E-state index contributed by atoms with van der Waals surface area (Å²) < 4.78 is 15.1. The van der Waals surface area contributed by atoms with E-state index in [1.165, 1.54) is 27.4 Å². The van der Waals surface area contributed by atoms with Crippen molar-refractivity contribution in [2.24, 2.45) is 0 Å². The molecule has 0 spiro atoms. The highest BCUT2D eigenvalue weighted by Gasteiger charge is 2.33. The summed E-state index contributed by atoms with van der Waals surface area (Å²) in [6.07, 6.45) is -0.104. The number of hydrogen-bond donors (Lipinski definition) is 2. The molecule has 2 aromatic carbocycles. The molecule has 1 amide bonds. The van der Waals surface area contributed by atoms with E-state index in [0.29, 0.717) is 11.3 Å². The first kappa shape index (κ1) is 20.1. The van der Waals surface area contributed by atoms with Crippen molar-refractivity contribution in [3.05, 3.63) is 53.6 Å². The first-order valence-electron chi connectivity index (χ1n) is 8.24. The van der Waals surface area contributed by atoms with Crippen LogP contribution in [-0.2, 0) is 15.1 Å². The Morgan fingerprint density at radius 1 is 1.07 bits per heavy atom. The van der Waals surface area contributed by atoms with Crippen molar-refractivity contribution in [1.29, 1.82) is 0 Å². The summed E-state index contributed by atoms with van der Waals surface area (Å²) in [5.74, 6) is -0.555. The molecule has 2 aromatic rings. The molecular formula is C20H23NO6. The Bertz CT molecular complexity index is 835. The third kappa shape index (κ3) is 4.49. The van der Waals surface area contributed by atoms with Crippen LogP contribution in [0, 0.1) is 0 Å². The number of carbonyl (C=O) groups excluding carboxylic acids is 2. The third-order valence-corrected chi connectivity index (χ3v) is 4.29. The number of aromatic hydroxyl groups is 1. The molecule has 0 unspecified atom stereocenters. The predicted molar refractivity (Wildman–Crippen MR) is 99.1 cm³/mol. The maximum Gasteiger partial charge on any atom is 0.308 e. The number of rotatable bonds is 7. The van der Waals surface area contributed by atoms with E-state index >= 15 is 0 Å². The minimum atomic E-state index is -1.09. The van der Waals surface area contributed by atoms with Gasteiger partial charge in [0.2, 0.25) is 0 Å². The lowest BCUT2D eigenvalue weighted by atomic mass is 9.88. The average Bonchev–Trinajstić information content (AvgIpc) is 2.67. The predicted octanol–water partition coefficient (Wildman–Crippen LogP) is 2.62. The zero-order valence-corrected chi connectivity index (χ0v) is 15.7. The summed E-state index contributed by atoms with van der Waals surface area (Å²) in [4.78, 5) is 24.8. The summed E-state index contributed by atoms with van der Waals surface area (Å²) in [5, 5.41) is 13.1. The van der Waals surface area contributed by atoms with Crippen molar-refractivity contribution in [3.8, 4) is 17.2 Å². The van der Waals surface area contributed by atoms with Crippen LogP contribution in [0.15, 0.2) is 42.5 Å². The average molecular weight is 373 g/mol. The van der Waals surface area contributed by atoms with Crippen LogP contribution in [-0.4, -0.2) is 38.3 Å². The second-order valence-corrected chi connectivity index (χ2v) is 6.13. The fraction of sp³-hybridized carbons (Fsp3) is 0.300. The number of ether oxygens (including phenoxy) is 3. The van der Waals surface area contributed by atoms with E-state index in [4.69, 9.17) is 14.2 Å². The Balaban J connectivity index is 2.42. The lowest BCUT2D eigenvalue weighted by Gasteiger charge is -2.31. The Morgan fingerprint density at radius 3 is 2.41 bits per heavy atom. The molecule has 0 saturated carbocycles. The molecule has 0 bridgehead atoms. The molecule has 1 atom stereocenters. The van der Waals surface area contributed by atoms with E-state index in [1.54, 1.807) is 43.3 Å². The fourth-order valence-corrected chi connectivity index (χ4v) is 2.73. The second-order valence-electron chi connectivity index (χ2n) is 6.13. The highest BCUT2D eigenvalue weighted by Crippen LogP contribution is 2.32. The van der Waals surface area contributed by atoms with Crippen molar-refractivity contribution >= 4 is 11.9 Å². The molecule has 27 heavy (non-hydrogen) atoms. The number of amides is 1. The van der Waals surface area contributed by atoms with Gasteiger partial charge in [-0.1, -0.05) is 18.2 Å². The molecule has 0 fully saturated rings. The van der Waals surface area contributed by atoms with E-state index in [9.17, 15) is 14.7 Å². The van der Waals surface area contributed by atoms with Gasteiger partial charge < -0.3 is 24.6 Å². The van der Waals surface area contributed by atoms with Crippen LogP contribution >= 0.6 is 0 Å². The molecule has 144 valence electrons. The quantitative estimate of drug-likeness (QED) is 0.725. The lowest BCUT2D eigenvalue weighted by molar-refractivity contribution is -0.142. The monoisotopic (exact) mass is 373 g/mol. The smallest absolute Gasteiger partial charge is 0.308 e. The standard InChI is InChI=1S/C20H23NO6/c1-20(12-17(22)27-4,13-7-5-8-14(11-13)25-2)21-19(24)15-9-6-10-16(26-3)18(15)23/h5-11,23H,12H2,1-4H3,(H,21,24)/t20-/m0/s1. The molecule has 2 N–H and O–H groups in total. The van der Waals surface area contributed by atoms with Crippen molar-refractivity contribution in [2.45, 2.75) is 18.9 Å². The highest BCUT2D eigenvalue weighted by molar-refractivity contribution is 5.98. The number of esters is 1. The number of phenols is 1. The van der Waals surface area contributed by atoms with E-state index in [0.717, 1.165) is 0 Å². The Labute approximate surface area is 157 Å². The molecule has 0 aliphatic carbocycles. The molecule has 0 aliphatic heterocycles. The van der Waals surface area contributed by atoms with Gasteiger partial charge in [-0.15, -0.1) is 0 Å². The van der Waals surface area contributed by atoms with Gasteiger partial charge in [0.05, 0.1) is 38.9 Å². The van der Waals surface area contributed by atoms with E-state index in [-0.39, 0.29) is 23.5 Å². The molecule has 0 radical (unpaired) electrons. The number of phenolic OH excluding ortho intramolecular Hbond substituents is 1. The van der Waals surface area contributed by atoms with Gasteiger partial charge in [0.25, 0.3) is 5.91 Å². The largest absolute Gasteiger partial charge is 0.504 e. The molecule has 0 heterocycles. The summed E-state index contributed by atoms with van der Waals surface area (Å²) in [6.45, 7) is 1.70. The topological polar surface area (TPSA) is 94.1 Å². The third-order valence-electron chi connectivity index (χ3n) is 4.29. The van der Waals surface area contributed by atoms with Gasteiger partial charge in [0.15, 0.2) is 11.5 Å². The van der Waals surface area contributed by atoms with E-state index in [2.05, 4.69) is 5.32 Å². The second kappa shape index (κ2) is 8.44. The lowest BCUT2D eigenvalue weighted by Crippen LogP contribution is -2.45. The first-order chi connectivity index (χ1) is 12.8. The van der Waals surface area contributed by atoms with Crippen LogP contribution in [0.2, 0.25) is 0 Å². The number of hydrogen-bond acceptors (Lipinski definition) is 6. The van der Waals surface area contributed by atoms with Gasteiger partial charge in [-0.2, -0.15) is 0 Å². The summed E-state index contributed by atoms with van der Waals surface area (Å²) in [7, 11) is 4.21. The number of nitrogens with one attached hydrogen (secondary N) is 1. The molecular weight excluding hydrogens is 350 g/mol. The van der Waals surface area contributed by atoms with Crippen LogP contribution < -0.4 is 14.8 Å². The van der Waals surface area contributed by atoms with Crippen LogP contribution in [0.1, 0.15) is 29.3 Å². The Morgan fingerprint density at radius 2 is 1.78 bits per heavy atom. The zero-order chi connectivity index (χ0) is 20.0. The SMILES string of the molecule is COC(=O)C[C@](C)(NC(=O)c1cccc(OC)c1O)c1cccc(OC)c1. The van der Waals surface area contributed by atoms with E-state index in [1.807, 2.05) is 0 Å². The molecule has 7 heteroatoms. The zero-order valence-electron chi connectivity index (χ0n) is 15.7. The van der Waals surface area contributed by atoms with Crippen molar-refractivity contribution in [3.63, 3.8) is 0 Å². The highest BCUT2D eigenvalue weighted by atomic mass is 16.5. The number of para-hydroxylation sites is 1. The molecule has 0 aromatic heterocycles. The van der Waals surface area contributed by atoms with Crippen LogP contribution in [0.4, 0.5) is 0 Å². The van der Waals surface area contributed by atoms with Gasteiger partial charge in [-0.25, -0.2) is 0 Å². The first-order valence-corrected chi connectivity index (χ1v) is 8.24. The summed E-state index contributed by atoms with van der Waals surface area (Å²) in [5.41, 5.74) is -0.398. The Kier molecular flexibility index (Phi) is 6.28. The van der Waals surface area contributed by atoms with E-state index < -0.39 is 17.4 Å². The van der Waals surface area contributed by atoms with Gasteiger partial charge in [0.1, 0.15) is 5.75 Å². The van der Waals surface area contributed by atoms with Crippen molar-refractivity contribution in [1.82, 2.24) is 5.32 Å². The maximum absolute atomic E-state index is 12.8. The van der Waals surface area contributed by atoms with Gasteiger partial charge in [-0.3, -0.25) is 9.59 Å². The normalized spacial score (nSPS) is 12.6. The molecule has 2 rings (SSSR count). The van der Waals surface area contributed by atoms with Gasteiger partial charge >= 0.3 is 5.97 Å². The Hall–Kier alpha value is -3.22. The fourth-order valence-electron chi connectivity index (χ4n) is 2.73. The number of benzene rings is 2. The van der Waals surface area contributed by atoms with Gasteiger partial charge in [-0.05, 0) is 36.8 Å². The summed E-state index contributed by atoms with van der Waals surface area (Å²) >= 11 is 0. The summed E-state index contributed by atoms with van der Waals surface area (Å²) in [6, 6.07) is 11.6. The number of carbonyl (C=O) groups is 2. The minimum Gasteiger partial charge on any atom is -0.504 e. The molecule has 7 nitrogen and oxygen atoms in total. The minimum absolute atomic E-state index is 0.0355.